The fourth-order valence-corrected chi connectivity index (χ4v) is 1.97. The molecule has 0 aliphatic heterocycles. The third-order valence-corrected chi connectivity index (χ3v) is 3.85. The van der Waals surface area contributed by atoms with E-state index in [4.69, 9.17) is 15.9 Å². The molecule has 28 heavy (non-hydrogen) atoms. The Kier molecular flexibility index (Phi) is 10.7. The molecule has 0 heterocycles. The molecule has 0 aliphatic carbocycles. The molecule has 0 aromatic heterocycles. The summed E-state index contributed by atoms with van der Waals surface area (Å²) in [6.07, 6.45) is -0.866. The van der Waals surface area contributed by atoms with Crippen LogP contribution in [0.1, 0.15) is 33.6 Å². The van der Waals surface area contributed by atoms with E-state index in [9.17, 15) is 29.1 Å². The van der Waals surface area contributed by atoms with Crippen molar-refractivity contribution in [2.24, 2.45) is 11.7 Å². The first-order valence-electron chi connectivity index (χ1n) is 8.62. The highest BCUT2D eigenvalue weighted by Gasteiger charge is 2.29. The van der Waals surface area contributed by atoms with E-state index in [1.54, 1.807) is 13.8 Å². The SMILES string of the molecule is CC(NC(=O)C(N)C(C)C)C(=O)NC(CO)C(=O)NC(CCC(=O)O)C(=O)O. The lowest BCUT2D eigenvalue weighted by Gasteiger charge is -2.23. The zero-order chi connectivity index (χ0) is 22.0. The van der Waals surface area contributed by atoms with Gasteiger partial charge in [0.15, 0.2) is 0 Å². The Bertz CT molecular complexity index is 595. The lowest BCUT2D eigenvalue weighted by atomic mass is 10.0. The molecule has 0 aromatic rings. The number of rotatable bonds is 12. The molecule has 0 aliphatic rings. The lowest BCUT2D eigenvalue weighted by molar-refractivity contribution is -0.143. The Morgan fingerprint density at radius 3 is 1.82 bits per heavy atom. The van der Waals surface area contributed by atoms with Crippen LogP contribution in [0.3, 0.4) is 0 Å². The second-order valence-corrected chi connectivity index (χ2v) is 6.58. The van der Waals surface area contributed by atoms with Gasteiger partial charge in [0.25, 0.3) is 0 Å². The third kappa shape index (κ3) is 8.77. The summed E-state index contributed by atoms with van der Waals surface area (Å²) in [6.45, 7) is 3.96. The Hall–Kier alpha value is -2.73. The van der Waals surface area contributed by atoms with Gasteiger partial charge in [-0.15, -0.1) is 0 Å². The molecule has 3 amide bonds. The standard InChI is InChI=1S/C16H28N4O8/c1-7(2)12(17)15(26)18-8(3)13(24)20-10(6-21)14(25)19-9(16(27)28)4-5-11(22)23/h7-10,12,21H,4-6,17H2,1-3H3,(H,18,26)(H,19,25)(H,20,24)(H,22,23)(H,27,28). The fraction of sp³-hybridized carbons (Fsp3) is 0.688. The number of nitrogens with one attached hydrogen (secondary N) is 3. The van der Waals surface area contributed by atoms with Crippen LogP contribution < -0.4 is 21.7 Å². The van der Waals surface area contributed by atoms with Gasteiger partial charge in [-0.2, -0.15) is 0 Å². The smallest absolute Gasteiger partial charge is 0.326 e. The predicted molar refractivity (Wildman–Crippen MR) is 95.9 cm³/mol. The first-order valence-corrected chi connectivity index (χ1v) is 8.62. The summed E-state index contributed by atoms with van der Waals surface area (Å²) in [7, 11) is 0. The summed E-state index contributed by atoms with van der Waals surface area (Å²) in [5, 5.41) is 33.6. The largest absolute Gasteiger partial charge is 0.481 e. The van der Waals surface area contributed by atoms with Gasteiger partial charge in [-0.1, -0.05) is 13.8 Å². The number of hydrogen-bond acceptors (Lipinski definition) is 7. The van der Waals surface area contributed by atoms with Crippen LogP contribution in [0.25, 0.3) is 0 Å². The molecule has 4 atom stereocenters. The quantitative estimate of drug-likeness (QED) is 0.181. The molecule has 12 heteroatoms. The summed E-state index contributed by atoms with van der Waals surface area (Å²) < 4.78 is 0. The van der Waals surface area contributed by atoms with Crippen molar-refractivity contribution in [2.45, 2.75) is 57.8 Å². The molecule has 4 unspecified atom stereocenters. The number of carboxylic acids is 2. The van der Waals surface area contributed by atoms with Crippen molar-refractivity contribution in [3.05, 3.63) is 0 Å². The van der Waals surface area contributed by atoms with Gasteiger partial charge in [0.2, 0.25) is 17.7 Å². The molecule has 160 valence electrons. The molecular formula is C16H28N4O8. The lowest BCUT2D eigenvalue weighted by Crippen LogP contribution is -2.57. The van der Waals surface area contributed by atoms with Gasteiger partial charge in [-0.25, -0.2) is 4.79 Å². The van der Waals surface area contributed by atoms with Gasteiger partial charge in [-0.05, 0) is 19.3 Å². The second kappa shape index (κ2) is 11.9. The van der Waals surface area contributed by atoms with E-state index < -0.39 is 66.9 Å². The van der Waals surface area contributed by atoms with Crippen molar-refractivity contribution < 1.29 is 39.3 Å². The van der Waals surface area contributed by atoms with Crippen LogP contribution in [0.15, 0.2) is 0 Å². The van der Waals surface area contributed by atoms with Crippen molar-refractivity contribution in [3.8, 4) is 0 Å². The highest BCUT2D eigenvalue weighted by Crippen LogP contribution is 2.01. The molecule has 0 saturated carbocycles. The topological polar surface area (TPSA) is 208 Å². The van der Waals surface area contributed by atoms with E-state index in [-0.39, 0.29) is 12.3 Å². The minimum Gasteiger partial charge on any atom is -0.481 e. The molecule has 0 rings (SSSR count). The van der Waals surface area contributed by atoms with E-state index in [1.807, 2.05) is 0 Å². The number of carboxylic acid groups (broad SMARTS) is 2. The van der Waals surface area contributed by atoms with E-state index in [2.05, 4.69) is 16.0 Å². The zero-order valence-electron chi connectivity index (χ0n) is 16.0. The monoisotopic (exact) mass is 404 g/mol. The summed E-state index contributed by atoms with van der Waals surface area (Å²) >= 11 is 0. The fourth-order valence-electron chi connectivity index (χ4n) is 1.97. The van der Waals surface area contributed by atoms with Crippen LogP contribution in [0.5, 0.6) is 0 Å². The number of aliphatic carboxylic acids is 2. The maximum Gasteiger partial charge on any atom is 0.326 e. The van der Waals surface area contributed by atoms with Crippen LogP contribution in [0, 0.1) is 5.92 Å². The zero-order valence-corrected chi connectivity index (χ0v) is 16.0. The summed E-state index contributed by atoms with van der Waals surface area (Å²) in [6, 6.07) is -4.90. The van der Waals surface area contributed by atoms with Crippen LogP contribution >= 0.6 is 0 Å². The Morgan fingerprint density at radius 2 is 1.39 bits per heavy atom. The van der Waals surface area contributed by atoms with E-state index in [0.717, 1.165) is 0 Å². The number of amides is 3. The van der Waals surface area contributed by atoms with Gasteiger partial charge in [-0.3, -0.25) is 19.2 Å². The first-order chi connectivity index (χ1) is 12.9. The van der Waals surface area contributed by atoms with Crippen molar-refractivity contribution in [1.29, 1.82) is 0 Å². The van der Waals surface area contributed by atoms with Gasteiger partial charge in [0, 0.05) is 6.42 Å². The van der Waals surface area contributed by atoms with Crippen molar-refractivity contribution in [3.63, 3.8) is 0 Å². The van der Waals surface area contributed by atoms with Crippen molar-refractivity contribution >= 4 is 29.7 Å². The summed E-state index contributed by atoms with van der Waals surface area (Å²) in [5.41, 5.74) is 5.67. The van der Waals surface area contributed by atoms with E-state index >= 15 is 0 Å². The van der Waals surface area contributed by atoms with Crippen LogP contribution in [-0.2, 0) is 24.0 Å². The molecule has 8 N–H and O–H groups in total. The maximum absolute atomic E-state index is 12.1. The molecule has 0 radical (unpaired) electrons. The Morgan fingerprint density at radius 1 is 0.857 bits per heavy atom. The average molecular weight is 404 g/mol. The summed E-state index contributed by atoms with van der Waals surface area (Å²) in [4.78, 5) is 57.8. The van der Waals surface area contributed by atoms with Gasteiger partial charge < -0.3 is 37.0 Å². The number of aliphatic hydroxyl groups is 1. The van der Waals surface area contributed by atoms with Crippen LogP contribution in [0.2, 0.25) is 0 Å². The average Bonchev–Trinajstić information content (AvgIpc) is 2.60. The number of aliphatic hydroxyl groups excluding tert-OH is 1. The molecule has 0 spiro atoms. The minimum atomic E-state index is -1.50. The first kappa shape index (κ1) is 25.3. The van der Waals surface area contributed by atoms with Gasteiger partial charge in [0.05, 0.1) is 12.6 Å². The Balaban J connectivity index is 4.85. The molecule has 12 nitrogen and oxygen atoms in total. The molecule has 0 saturated heterocycles. The number of carbonyl (C=O) groups excluding carboxylic acids is 3. The summed E-state index contributed by atoms with van der Waals surface area (Å²) in [5.74, 6) is -5.23. The second-order valence-electron chi connectivity index (χ2n) is 6.58. The van der Waals surface area contributed by atoms with Crippen molar-refractivity contribution in [1.82, 2.24) is 16.0 Å². The Labute approximate surface area is 161 Å². The van der Waals surface area contributed by atoms with E-state index in [0.29, 0.717) is 0 Å². The predicted octanol–water partition coefficient (Wildman–Crippen LogP) is -2.61. The van der Waals surface area contributed by atoms with Crippen LogP contribution in [0.4, 0.5) is 0 Å². The number of nitrogens with two attached hydrogens (primary N) is 1. The number of hydrogen-bond donors (Lipinski definition) is 7. The van der Waals surface area contributed by atoms with Crippen molar-refractivity contribution in [2.75, 3.05) is 6.61 Å². The normalized spacial score (nSPS) is 15.1. The van der Waals surface area contributed by atoms with Crippen LogP contribution in [-0.4, -0.2) is 75.8 Å². The number of carbonyl (C=O) groups is 5. The molecular weight excluding hydrogens is 376 g/mol. The highest BCUT2D eigenvalue weighted by atomic mass is 16.4. The van der Waals surface area contributed by atoms with Gasteiger partial charge >= 0.3 is 11.9 Å². The molecule has 0 bridgehead atoms. The minimum absolute atomic E-state index is 0.162. The van der Waals surface area contributed by atoms with Gasteiger partial charge in [0.1, 0.15) is 18.1 Å². The molecule has 0 aromatic carbocycles. The highest BCUT2D eigenvalue weighted by molar-refractivity contribution is 5.94. The third-order valence-electron chi connectivity index (χ3n) is 3.85. The maximum atomic E-state index is 12.1. The van der Waals surface area contributed by atoms with E-state index in [1.165, 1.54) is 6.92 Å². The molecule has 0 fully saturated rings.